The molecule has 0 spiro atoms. The zero-order valence-corrected chi connectivity index (χ0v) is 11.6. The van der Waals surface area contributed by atoms with Gasteiger partial charge in [-0.15, -0.1) is 0 Å². The molecule has 5 nitrogen and oxygen atoms in total. The molecule has 3 rings (SSSR count). The molecule has 1 aliphatic heterocycles. The summed E-state index contributed by atoms with van der Waals surface area (Å²) in [5, 5.41) is 0. The molecule has 0 saturated carbocycles. The number of nitrogens with one attached hydrogen (secondary N) is 1. The van der Waals surface area contributed by atoms with Gasteiger partial charge in [0.1, 0.15) is 18.0 Å². The van der Waals surface area contributed by atoms with Crippen molar-refractivity contribution in [2.24, 2.45) is 5.84 Å². The van der Waals surface area contributed by atoms with Gasteiger partial charge in [-0.1, -0.05) is 30.3 Å². The minimum absolute atomic E-state index is 0.569. The monoisotopic (exact) mass is 269 g/mol. The third-order valence-corrected chi connectivity index (χ3v) is 3.95. The van der Waals surface area contributed by atoms with Crippen molar-refractivity contribution < 1.29 is 0 Å². The van der Waals surface area contributed by atoms with Crippen molar-refractivity contribution in [2.45, 2.75) is 19.3 Å². The van der Waals surface area contributed by atoms with Crippen LogP contribution in [0.1, 0.15) is 23.5 Å². The molecule has 104 valence electrons. The number of benzene rings is 1. The van der Waals surface area contributed by atoms with Crippen LogP contribution in [-0.4, -0.2) is 23.1 Å². The highest BCUT2D eigenvalue weighted by Gasteiger charge is 2.26. The molecule has 5 heteroatoms. The Kier molecular flexibility index (Phi) is 3.52. The maximum Gasteiger partial charge on any atom is 0.148 e. The number of hydrogen-bond acceptors (Lipinski definition) is 5. The van der Waals surface area contributed by atoms with E-state index in [0.717, 1.165) is 30.9 Å². The second-order valence-electron chi connectivity index (χ2n) is 5.16. The molecule has 1 aromatic carbocycles. The van der Waals surface area contributed by atoms with Crippen molar-refractivity contribution in [1.29, 1.82) is 0 Å². The van der Waals surface area contributed by atoms with Gasteiger partial charge in [-0.05, 0) is 18.9 Å². The largest absolute Gasteiger partial charge is 0.356 e. The highest BCUT2D eigenvalue weighted by Crippen LogP contribution is 2.32. The summed E-state index contributed by atoms with van der Waals surface area (Å²) in [7, 11) is 0. The van der Waals surface area contributed by atoms with Crippen molar-refractivity contribution >= 4 is 11.6 Å². The standard InChI is InChI=1S/C15H19N5/c1-11-14(19-16)17-10-18-15(11)20-8-7-13(9-20)12-5-3-2-4-6-12/h2-6,10,13H,7-9,16H2,1H3,(H,17,18,19). The van der Waals surface area contributed by atoms with Gasteiger partial charge < -0.3 is 10.3 Å². The van der Waals surface area contributed by atoms with Crippen LogP contribution in [0.25, 0.3) is 0 Å². The lowest BCUT2D eigenvalue weighted by molar-refractivity contribution is 0.774. The Hall–Kier alpha value is -2.14. The summed E-state index contributed by atoms with van der Waals surface area (Å²) < 4.78 is 0. The van der Waals surface area contributed by atoms with Crippen LogP contribution in [0.5, 0.6) is 0 Å². The van der Waals surface area contributed by atoms with Crippen molar-refractivity contribution in [3.05, 3.63) is 47.8 Å². The van der Waals surface area contributed by atoms with E-state index in [2.05, 4.69) is 50.6 Å². The minimum Gasteiger partial charge on any atom is -0.356 e. The number of nitrogen functional groups attached to an aromatic ring is 1. The van der Waals surface area contributed by atoms with E-state index in [0.29, 0.717) is 11.7 Å². The van der Waals surface area contributed by atoms with E-state index in [1.54, 1.807) is 6.33 Å². The van der Waals surface area contributed by atoms with Gasteiger partial charge in [0.2, 0.25) is 0 Å². The maximum atomic E-state index is 5.48. The number of nitrogens with zero attached hydrogens (tertiary/aromatic N) is 3. The quantitative estimate of drug-likeness (QED) is 0.659. The van der Waals surface area contributed by atoms with Gasteiger partial charge in [0.15, 0.2) is 0 Å². The van der Waals surface area contributed by atoms with Gasteiger partial charge in [0.05, 0.1) is 0 Å². The molecule has 1 atom stereocenters. The summed E-state index contributed by atoms with van der Waals surface area (Å²) in [6.45, 7) is 4.01. The minimum atomic E-state index is 0.569. The first-order valence-corrected chi connectivity index (χ1v) is 6.87. The SMILES string of the molecule is Cc1c(NN)ncnc1N1CCC(c2ccccc2)C1. The summed E-state index contributed by atoms with van der Waals surface area (Å²) in [4.78, 5) is 10.9. The molecule has 0 radical (unpaired) electrons. The van der Waals surface area contributed by atoms with Crippen LogP contribution in [0.15, 0.2) is 36.7 Å². The lowest BCUT2D eigenvalue weighted by Crippen LogP contribution is -2.23. The number of anilines is 2. The molecule has 1 saturated heterocycles. The Morgan fingerprint density at radius 1 is 1.25 bits per heavy atom. The van der Waals surface area contributed by atoms with Crippen molar-refractivity contribution in [3.63, 3.8) is 0 Å². The Morgan fingerprint density at radius 2 is 2.05 bits per heavy atom. The van der Waals surface area contributed by atoms with Crippen molar-refractivity contribution in [2.75, 3.05) is 23.4 Å². The Bertz CT molecular complexity index is 584. The molecular formula is C15H19N5. The number of hydrogen-bond donors (Lipinski definition) is 2. The summed E-state index contributed by atoms with van der Waals surface area (Å²) in [6, 6.07) is 10.7. The fraction of sp³-hybridized carbons (Fsp3) is 0.333. The van der Waals surface area contributed by atoms with Crippen LogP contribution in [0.3, 0.4) is 0 Å². The zero-order valence-electron chi connectivity index (χ0n) is 11.6. The lowest BCUT2D eigenvalue weighted by Gasteiger charge is -2.20. The van der Waals surface area contributed by atoms with E-state index in [1.165, 1.54) is 5.56 Å². The fourth-order valence-electron chi connectivity index (χ4n) is 2.86. The third-order valence-electron chi connectivity index (χ3n) is 3.95. The average molecular weight is 269 g/mol. The second kappa shape index (κ2) is 5.46. The molecular weight excluding hydrogens is 250 g/mol. The summed E-state index contributed by atoms with van der Waals surface area (Å²) in [5.41, 5.74) is 5.03. The van der Waals surface area contributed by atoms with Crippen LogP contribution < -0.4 is 16.2 Å². The molecule has 1 aliphatic rings. The summed E-state index contributed by atoms with van der Waals surface area (Å²) in [6.07, 6.45) is 2.71. The Balaban J connectivity index is 1.81. The Labute approximate surface area is 118 Å². The number of aromatic nitrogens is 2. The van der Waals surface area contributed by atoms with Crippen LogP contribution in [0, 0.1) is 6.92 Å². The highest BCUT2D eigenvalue weighted by atomic mass is 15.3. The molecule has 0 aliphatic carbocycles. The summed E-state index contributed by atoms with van der Waals surface area (Å²) in [5.74, 6) is 7.72. The molecule has 1 aromatic heterocycles. The van der Waals surface area contributed by atoms with E-state index in [1.807, 2.05) is 6.92 Å². The van der Waals surface area contributed by atoms with Gasteiger partial charge in [-0.2, -0.15) is 0 Å². The average Bonchev–Trinajstić information content (AvgIpc) is 2.98. The zero-order chi connectivity index (χ0) is 13.9. The second-order valence-corrected chi connectivity index (χ2v) is 5.16. The van der Waals surface area contributed by atoms with E-state index in [4.69, 9.17) is 5.84 Å². The summed E-state index contributed by atoms with van der Waals surface area (Å²) >= 11 is 0. The van der Waals surface area contributed by atoms with Gasteiger partial charge in [0.25, 0.3) is 0 Å². The smallest absolute Gasteiger partial charge is 0.148 e. The fourth-order valence-corrected chi connectivity index (χ4v) is 2.86. The predicted molar refractivity (Wildman–Crippen MR) is 80.6 cm³/mol. The van der Waals surface area contributed by atoms with Gasteiger partial charge in [-0.25, -0.2) is 15.8 Å². The molecule has 20 heavy (non-hydrogen) atoms. The number of rotatable bonds is 3. The van der Waals surface area contributed by atoms with E-state index in [-0.39, 0.29) is 0 Å². The van der Waals surface area contributed by atoms with Crippen molar-refractivity contribution in [3.8, 4) is 0 Å². The molecule has 2 heterocycles. The van der Waals surface area contributed by atoms with E-state index < -0.39 is 0 Å². The molecule has 0 bridgehead atoms. The molecule has 1 unspecified atom stereocenters. The topological polar surface area (TPSA) is 67.1 Å². The first kappa shape index (κ1) is 12.9. The van der Waals surface area contributed by atoms with Crippen LogP contribution in [0.4, 0.5) is 11.6 Å². The predicted octanol–water partition coefficient (Wildman–Crippen LogP) is 2.06. The van der Waals surface area contributed by atoms with Gasteiger partial charge in [0, 0.05) is 24.6 Å². The highest BCUT2D eigenvalue weighted by molar-refractivity contribution is 5.58. The van der Waals surface area contributed by atoms with Gasteiger partial charge in [-0.3, -0.25) is 0 Å². The number of nitrogens with two attached hydrogens (primary N) is 1. The van der Waals surface area contributed by atoms with Crippen LogP contribution in [-0.2, 0) is 0 Å². The number of hydrazine groups is 1. The first-order chi connectivity index (χ1) is 9.79. The molecule has 2 aromatic rings. The van der Waals surface area contributed by atoms with Crippen LogP contribution in [0.2, 0.25) is 0 Å². The first-order valence-electron chi connectivity index (χ1n) is 6.87. The van der Waals surface area contributed by atoms with Crippen molar-refractivity contribution in [1.82, 2.24) is 9.97 Å². The van der Waals surface area contributed by atoms with Crippen LogP contribution >= 0.6 is 0 Å². The molecule has 1 fully saturated rings. The maximum absolute atomic E-state index is 5.48. The van der Waals surface area contributed by atoms with E-state index in [9.17, 15) is 0 Å². The third kappa shape index (κ3) is 2.32. The lowest BCUT2D eigenvalue weighted by atomic mass is 9.99. The Morgan fingerprint density at radius 3 is 2.80 bits per heavy atom. The van der Waals surface area contributed by atoms with Gasteiger partial charge >= 0.3 is 0 Å². The molecule has 3 N–H and O–H groups in total. The van der Waals surface area contributed by atoms with E-state index >= 15 is 0 Å². The normalized spacial score (nSPS) is 18.3. The molecule has 0 amide bonds.